The smallest absolute Gasteiger partial charge is 0.301 e. The lowest BCUT2D eigenvalue weighted by Gasteiger charge is -2.28. The van der Waals surface area contributed by atoms with Gasteiger partial charge in [0.1, 0.15) is 18.2 Å². The van der Waals surface area contributed by atoms with Crippen LogP contribution in [-0.2, 0) is 4.79 Å². The number of hydrazone groups is 1. The Balaban J connectivity index is 1.50. The van der Waals surface area contributed by atoms with Crippen LogP contribution in [0.3, 0.4) is 0 Å². The monoisotopic (exact) mass is 519 g/mol. The first-order valence-corrected chi connectivity index (χ1v) is 11.6. The molecular weight excluding hydrogens is 498 g/mol. The molecule has 1 atom stereocenters. The van der Waals surface area contributed by atoms with Gasteiger partial charge in [0.2, 0.25) is 0 Å². The Labute approximate surface area is 205 Å². The number of carbonyl (C=O) groups is 2. The molecule has 0 aromatic heterocycles. The summed E-state index contributed by atoms with van der Waals surface area (Å²) in [6.07, 6.45) is 0.653. The zero-order chi connectivity index (χ0) is 23.8. The minimum Gasteiger partial charge on any atom is -0.497 e. The van der Waals surface area contributed by atoms with Crippen molar-refractivity contribution in [2.75, 3.05) is 25.8 Å². The van der Waals surface area contributed by atoms with Gasteiger partial charge in [0.15, 0.2) is 0 Å². The second-order valence-corrected chi connectivity index (χ2v) is 8.99. The van der Waals surface area contributed by atoms with Crippen molar-refractivity contribution in [3.8, 4) is 11.5 Å². The van der Waals surface area contributed by atoms with Crippen molar-refractivity contribution in [3.63, 3.8) is 0 Å². The van der Waals surface area contributed by atoms with Crippen LogP contribution >= 0.6 is 15.9 Å². The average molecular weight is 520 g/mol. The number of benzene rings is 3. The Bertz CT molecular complexity index is 1290. The number of halogens is 1. The molecule has 0 spiro atoms. The lowest BCUT2D eigenvalue weighted by atomic mass is 9.98. The van der Waals surface area contributed by atoms with Crippen molar-refractivity contribution in [1.29, 1.82) is 0 Å². The molecule has 172 valence electrons. The normalized spacial score (nSPS) is 17.1. The Morgan fingerprint density at radius 1 is 0.941 bits per heavy atom. The van der Waals surface area contributed by atoms with E-state index in [0.29, 0.717) is 17.7 Å². The standard InChI is InChI=1S/C26H22BrN3O4/c1-33-19-8-3-16(4-9-19)22-14-23(17-5-10-20(34-2)11-6-17)30(28-22)15-29-24-13-18(27)7-12-21(24)25(31)26(29)32/h3-13,23H,14-15H2,1-2H3/t23-/m1/s1. The Morgan fingerprint density at radius 2 is 1.59 bits per heavy atom. The fourth-order valence-electron chi connectivity index (χ4n) is 4.31. The summed E-state index contributed by atoms with van der Waals surface area (Å²) in [6.45, 7) is 0.157. The third-order valence-corrected chi connectivity index (χ3v) is 6.63. The summed E-state index contributed by atoms with van der Waals surface area (Å²) < 4.78 is 11.4. The van der Waals surface area contributed by atoms with Gasteiger partial charge in [-0.15, -0.1) is 0 Å². The SMILES string of the molecule is COc1ccc(C2=NN(CN3C(=O)C(=O)c4ccc(Br)cc43)[C@@H](c3ccc(OC)cc3)C2)cc1. The zero-order valence-corrected chi connectivity index (χ0v) is 20.3. The number of ether oxygens (including phenoxy) is 2. The van der Waals surface area contributed by atoms with Crippen molar-refractivity contribution < 1.29 is 19.1 Å². The number of rotatable bonds is 6. The molecule has 0 unspecified atom stereocenters. The highest BCUT2D eigenvalue weighted by Gasteiger charge is 2.39. The number of hydrogen-bond acceptors (Lipinski definition) is 6. The van der Waals surface area contributed by atoms with Crippen LogP contribution in [0.25, 0.3) is 0 Å². The third kappa shape index (κ3) is 3.94. The van der Waals surface area contributed by atoms with E-state index >= 15 is 0 Å². The molecule has 0 N–H and O–H groups in total. The maximum atomic E-state index is 12.9. The number of carbonyl (C=O) groups excluding carboxylic acids is 2. The van der Waals surface area contributed by atoms with Gasteiger partial charge in [0.05, 0.1) is 37.2 Å². The van der Waals surface area contributed by atoms with Crippen LogP contribution < -0.4 is 14.4 Å². The fraction of sp³-hybridized carbons (Fsp3) is 0.192. The predicted molar refractivity (Wildman–Crippen MR) is 133 cm³/mol. The van der Waals surface area contributed by atoms with Gasteiger partial charge in [-0.1, -0.05) is 28.1 Å². The second-order valence-electron chi connectivity index (χ2n) is 8.07. The molecule has 0 fully saturated rings. The van der Waals surface area contributed by atoms with Gasteiger partial charge < -0.3 is 9.47 Å². The molecule has 7 nitrogen and oxygen atoms in total. The second kappa shape index (κ2) is 8.95. The Hall–Kier alpha value is -3.65. The number of nitrogens with zero attached hydrogens (tertiary/aromatic N) is 3. The van der Waals surface area contributed by atoms with Crippen LogP contribution in [0.15, 0.2) is 76.3 Å². The highest BCUT2D eigenvalue weighted by molar-refractivity contribution is 9.10. The summed E-state index contributed by atoms with van der Waals surface area (Å²) in [7, 11) is 3.27. The maximum absolute atomic E-state index is 12.9. The van der Waals surface area contributed by atoms with Crippen molar-refractivity contribution in [2.24, 2.45) is 5.10 Å². The Kier molecular flexibility index (Phi) is 5.83. The molecule has 2 aliphatic heterocycles. The van der Waals surface area contributed by atoms with E-state index in [1.165, 1.54) is 4.90 Å². The van der Waals surface area contributed by atoms with Crippen LogP contribution in [-0.4, -0.2) is 43.3 Å². The van der Waals surface area contributed by atoms with Gasteiger partial charge in [-0.3, -0.25) is 19.5 Å². The van der Waals surface area contributed by atoms with Crippen molar-refractivity contribution >= 4 is 39.0 Å². The number of fused-ring (bicyclic) bond motifs is 1. The minimum absolute atomic E-state index is 0.109. The van der Waals surface area contributed by atoms with E-state index in [4.69, 9.17) is 14.6 Å². The Morgan fingerprint density at radius 3 is 2.24 bits per heavy atom. The molecule has 3 aromatic rings. The van der Waals surface area contributed by atoms with E-state index in [0.717, 1.165) is 32.8 Å². The van der Waals surface area contributed by atoms with Gasteiger partial charge in [-0.05, 0) is 65.7 Å². The molecule has 0 radical (unpaired) electrons. The summed E-state index contributed by atoms with van der Waals surface area (Å²) in [4.78, 5) is 26.9. The molecule has 8 heteroatoms. The summed E-state index contributed by atoms with van der Waals surface area (Å²) in [5.41, 5.74) is 3.92. The van der Waals surface area contributed by atoms with Gasteiger partial charge in [-0.25, -0.2) is 0 Å². The van der Waals surface area contributed by atoms with E-state index in [2.05, 4.69) is 15.9 Å². The molecule has 1 amide bonds. The molecule has 2 heterocycles. The molecule has 34 heavy (non-hydrogen) atoms. The molecule has 0 bridgehead atoms. The molecule has 2 aliphatic rings. The lowest BCUT2D eigenvalue weighted by Crippen LogP contribution is -2.39. The number of amides is 1. The number of Topliss-reactive ketones (excluding diaryl/α,β-unsaturated/α-hetero) is 1. The van der Waals surface area contributed by atoms with E-state index in [1.807, 2.05) is 53.5 Å². The van der Waals surface area contributed by atoms with Crippen LogP contribution in [0.5, 0.6) is 11.5 Å². The van der Waals surface area contributed by atoms with Gasteiger partial charge in [-0.2, -0.15) is 5.10 Å². The summed E-state index contributed by atoms with van der Waals surface area (Å²) in [5.74, 6) is 0.495. The first kappa shape index (κ1) is 22.2. The van der Waals surface area contributed by atoms with E-state index in [9.17, 15) is 9.59 Å². The summed E-state index contributed by atoms with van der Waals surface area (Å²) in [6, 6.07) is 20.7. The van der Waals surface area contributed by atoms with Crippen molar-refractivity contribution in [1.82, 2.24) is 5.01 Å². The third-order valence-electron chi connectivity index (χ3n) is 6.14. The zero-order valence-electron chi connectivity index (χ0n) is 18.7. The van der Waals surface area contributed by atoms with Crippen LogP contribution in [0.4, 0.5) is 5.69 Å². The van der Waals surface area contributed by atoms with E-state index < -0.39 is 11.7 Å². The van der Waals surface area contributed by atoms with Gasteiger partial charge >= 0.3 is 5.91 Å². The number of methoxy groups -OCH3 is 2. The maximum Gasteiger partial charge on any atom is 0.301 e. The average Bonchev–Trinajstić information content (AvgIpc) is 3.39. The van der Waals surface area contributed by atoms with E-state index in [-0.39, 0.29) is 12.7 Å². The quantitative estimate of drug-likeness (QED) is 0.437. The largest absolute Gasteiger partial charge is 0.497 e. The summed E-state index contributed by atoms with van der Waals surface area (Å²) in [5, 5.41) is 6.77. The van der Waals surface area contributed by atoms with E-state index in [1.54, 1.807) is 32.4 Å². The molecule has 3 aromatic carbocycles. The predicted octanol–water partition coefficient (Wildman–Crippen LogP) is 4.80. The lowest BCUT2D eigenvalue weighted by molar-refractivity contribution is -0.114. The molecule has 0 aliphatic carbocycles. The van der Waals surface area contributed by atoms with Crippen molar-refractivity contribution in [3.05, 3.63) is 87.9 Å². The first-order valence-electron chi connectivity index (χ1n) is 10.8. The molecule has 0 saturated carbocycles. The van der Waals surface area contributed by atoms with Crippen molar-refractivity contribution in [2.45, 2.75) is 12.5 Å². The van der Waals surface area contributed by atoms with Gasteiger partial charge in [0.25, 0.3) is 5.78 Å². The highest BCUT2D eigenvalue weighted by Crippen LogP contribution is 2.37. The molecule has 5 rings (SSSR count). The number of ketones is 1. The van der Waals surface area contributed by atoms with Gasteiger partial charge in [0, 0.05) is 10.9 Å². The number of hydrogen-bond donors (Lipinski definition) is 0. The number of anilines is 1. The summed E-state index contributed by atoms with van der Waals surface area (Å²) >= 11 is 3.45. The first-order chi connectivity index (χ1) is 16.5. The van der Waals surface area contributed by atoms with Crippen LogP contribution in [0.1, 0.15) is 33.9 Å². The highest BCUT2D eigenvalue weighted by atomic mass is 79.9. The topological polar surface area (TPSA) is 71.4 Å². The molecular formula is C26H22BrN3O4. The fourth-order valence-corrected chi connectivity index (χ4v) is 4.66. The minimum atomic E-state index is -0.547. The molecule has 0 saturated heterocycles. The van der Waals surface area contributed by atoms with Crippen LogP contribution in [0, 0.1) is 0 Å². The van der Waals surface area contributed by atoms with Crippen LogP contribution in [0.2, 0.25) is 0 Å².